The first-order valence-corrected chi connectivity index (χ1v) is 13.7. The van der Waals surface area contributed by atoms with Crippen molar-refractivity contribution in [2.24, 2.45) is 35.5 Å². The molecule has 2 aliphatic carbocycles. The molecule has 4 aliphatic rings. The summed E-state index contributed by atoms with van der Waals surface area (Å²) in [6, 6.07) is 5.95. The number of thioether (sulfide) groups is 1. The molecule has 3 heterocycles. The molecule has 1 aromatic heterocycles. The average molecular weight is 515 g/mol. The number of benzene rings is 1. The van der Waals surface area contributed by atoms with Gasteiger partial charge in [-0.05, 0) is 42.6 Å². The Morgan fingerprint density at radius 2 is 1.83 bits per heavy atom. The maximum absolute atomic E-state index is 13.7. The fourth-order valence-corrected chi connectivity index (χ4v) is 10.1. The summed E-state index contributed by atoms with van der Waals surface area (Å²) in [4.78, 5) is 56.3. The molecule has 184 valence electrons. The number of H-pyrrole nitrogens is 1. The number of para-hydroxylation sites is 1. The van der Waals surface area contributed by atoms with Crippen LogP contribution in [0.2, 0.25) is 0 Å². The van der Waals surface area contributed by atoms with E-state index >= 15 is 0 Å². The van der Waals surface area contributed by atoms with Gasteiger partial charge in [0.15, 0.2) is 0 Å². The number of nitrogens with zero attached hydrogens (tertiary/aromatic N) is 1. The minimum atomic E-state index is -1.15. The number of nitrogens with one attached hydrogen (secondary N) is 1. The van der Waals surface area contributed by atoms with Crippen LogP contribution in [0.25, 0.3) is 0 Å². The molecule has 0 unspecified atom stereocenters. The number of thiazole rings is 1. The van der Waals surface area contributed by atoms with E-state index in [9.17, 15) is 29.4 Å². The van der Waals surface area contributed by atoms with Gasteiger partial charge < -0.3 is 15.2 Å². The van der Waals surface area contributed by atoms with Crippen molar-refractivity contribution in [3.8, 4) is 5.75 Å². The number of carboxylic acid groups (broad SMARTS) is 1. The number of hydrogen-bond acceptors (Lipinski definition) is 7. The van der Waals surface area contributed by atoms with Gasteiger partial charge in [0, 0.05) is 21.6 Å². The molecule has 6 rings (SSSR count). The van der Waals surface area contributed by atoms with Crippen molar-refractivity contribution in [3.63, 3.8) is 0 Å². The predicted molar refractivity (Wildman–Crippen MR) is 129 cm³/mol. The van der Waals surface area contributed by atoms with Crippen LogP contribution in [0.15, 0.2) is 34.1 Å². The highest BCUT2D eigenvalue weighted by Gasteiger charge is 2.70. The molecule has 2 amide bonds. The van der Waals surface area contributed by atoms with Gasteiger partial charge in [0.25, 0.3) is 0 Å². The molecule has 0 radical (unpaired) electrons. The highest BCUT2D eigenvalue weighted by atomic mass is 32.2. The Bertz CT molecular complexity index is 1300. The average Bonchev–Trinajstić information content (AvgIpc) is 3.52. The molecule has 2 bridgehead atoms. The summed E-state index contributed by atoms with van der Waals surface area (Å²) in [5.74, 6) is -3.28. The molecule has 2 aliphatic heterocycles. The minimum Gasteiger partial charge on any atom is -0.508 e. The second-order valence-electron chi connectivity index (χ2n) is 10.5. The molecular weight excluding hydrogens is 488 g/mol. The third kappa shape index (κ3) is 3.18. The number of imide groups is 1. The monoisotopic (exact) mass is 514 g/mol. The lowest BCUT2D eigenvalue weighted by molar-refractivity contribution is -0.156. The van der Waals surface area contributed by atoms with Gasteiger partial charge in [-0.2, -0.15) is 0 Å². The van der Waals surface area contributed by atoms with Crippen molar-refractivity contribution in [1.29, 1.82) is 0 Å². The molecular formula is C25H26N2O6S2. The van der Waals surface area contributed by atoms with Crippen LogP contribution in [0.4, 0.5) is 0 Å². The second-order valence-corrected chi connectivity index (χ2v) is 12.8. The van der Waals surface area contributed by atoms with Crippen molar-refractivity contribution in [2.75, 3.05) is 0 Å². The quantitative estimate of drug-likeness (QED) is 0.523. The van der Waals surface area contributed by atoms with Gasteiger partial charge in [0.05, 0.1) is 16.9 Å². The highest BCUT2D eigenvalue weighted by Crippen LogP contribution is 2.69. The van der Waals surface area contributed by atoms with Crippen molar-refractivity contribution in [1.82, 2.24) is 9.88 Å². The van der Waals surface area contributed by atoms with Gasteiger partial charge >= 0.3 is 10.8 Å². The Hall–Kier alpha value is -2.59. The van der Waals surface area contributed by atoms with E-state index in [1.807, 2.05) is 26.0 Å². The van der Waals surface area contributed by atoms with Gasteiger partial charge in [-0.15, -0.1) is 11.8 Å². The van der Waals surface area contributed by atoms with Crippen LogP contribution in [-0.2, 0) is 14.4 Å². The SMILES string of the molecule is CC(C)C[C@H](C(=O)O)N1C(=O)[C@@H]2[C@H]3C[C@@H]([C@@H]2C1=O)[C@@H]1[C@H](c2ccccc2O)c2sc(=O)[nH]c2S[C@@H]31. The molecule has 10 heteroatoms. The lowest BCUT2D eigenvalue weighted by Crippen LogP contribution is -2.47. The molecule has 0 spiro atoms. The number of hydrogen-bond donors (Lipinski definition) is 3. The lowest BCUT2D eigenvalue weighted by Gasteiger charge is -2.43. The van der Waals surface area contributed by atoms with Gasteiger partial charge in [0.1, 0.15) is 11.8 Å². The molecule has 3 N–H and O–H groups in total. The number of aliphatic carboxylic acids is 1. The van der Waals surface area contributed by atoms with Crippen molar-refractivity contribution in [2.45, 2.75) is 48.9 Å². The van der Waals surface area contributed by atoms with E-state index in [2.05, 4.69) is 4.98 Å². The van der Waals surface area contributed by atoms with E-state index in [1.165, 1.54) is 0 Å². The predicted octanol–water partition coefficient (Wildman–Crippen LogP) is 3.11. The Morgan fingerprint density at radius 1 is 1.14 bits per heavy atom. The van der Waals surface area contributed by atoms with Crippen LogP contribution >= 0.6 is 23.1 Å². The minimum absolute atomic E-state index is 0.00585. The van der Waals surface area contributed by atoms with Gasteiger partial charge in [-0.3, -0.25) is 19.3 Å². The zero-order valence-electron chi connectivity index (χ0n) is 19.2. The smallest absolute Gasteiger partial charge is 0.326 e. The van der Waals surface area contributed by atoms with Crippen LogP contribution in [0.1, 0.15) is 43.0 Å². The number of phenols is 1. The number of carboxylic acids is 1. The maximum Gasteiger partial charge on any atom is 0.326 e. The molecule has 8 atom stereocenters. The number of fused-ring (bicyclic) bond motifs is 9. The fourth-order valence-electron chi connectivity index (χ4n) is 7.21. The zero-order chi connectivity index (χ0) is 24.8. The number of rotatable bonds is 5. The van der Waals surface area contributed by atoms with E-state index in [-0.39, 0.29) is 63.7 Å². The number of likely N-dealkylation sites (tertiary alicyclic amines) is 1. The summed E-state index contributed by atoms with van der Waals surface area (Å²) in [6.45, 7) is 3.76. The second kappa shape index (κ2) is 7.96. The van der Waals surface area contributed by atoms with E-state index in [0.717, 1.165) is 31.7 Å². The highest BCUT2D eigenvalue weighted by molar-refractivity contribution is 8.00. The molecule has 2 aromatic rings. The first-order chi connectivity index (χ1) is 16.7. The first-order valence-electron chi connectivity index (χ1n) is 12.0. The summed E-state index contributed by atoms with van der Waals surface area (Å²) < 4.78 is 0. The summed E-state index contributed by atoms with van der Waals surface area (Å²) >= 11 is 2.71. The third-order valence-electron chi connectivity index (χ3n) is 8.32. The van der Waals surface area contributed by atoms with E-state index in [4.69, 9.17) is 0 Å². The summed E-state index contributed by atoms with van der Waals surface area (Å²) in [5.41, 5.74) is 0.722. The van der Waals surface area contributed by atoms with E-state index in [0.29, 0.717) is 6.42 Å². The Balaban J connectivity index is 1.43. The summed E-state index contributed by atoms with van der Waals surface area (Å²) in [6.07, 6.45) is 0.941. The number of aromatic nitrogens is 1. The Morgan fingerprint density at radius 3 is 2.49 bits per heavy atom. The van der Waals surface area contributed by atoms with Crippen molar-refractivity contribution in [3.05, 3.63) is 44.4 Å². The zero-order valence-corrected chi connectivity index (χ0v) is 20.8. The van der Waals surface area contributed by atoms with Crippen LogP contribution < -0.4 is 4.87 Å². The van der Waals surface area contributed by atoms with Gasteiger partial charge in [-0.1, -0.05) is 43.4 Å². The normalized spacial score (nSPS) is 33.7. The largest absolute Gasteiger partial charge is 0.508 e. The van der Waals surface area contributed by atoms with Crippen LogP contribution in [0, 0.1) is 35.5 Å². The standard InChI is InChI=1S/C25H26N2O6S2/c1-9(2)7-13(24(31)32)27-22(29)17-11-8-12(18(17)23(27)30)19-16(11)15(10-5-3-4-6-14(10)28)20-21(34-19)26-25(33)35-20/h3-6,9,11-13,15-19,28H,7-8H2,1-2H3,(H,26,33)(H,31,32)/t11-,12-,13-,15+,16-,17+,18-,19+/m1/s1. The molecule has 1 saturated heterocycles. The number of phenolic OH excluding ortho intramolecular Hbond substituents is 1. The molecule has 3 fully saturated rings. The molecule has 8 nitrogen and oxygen atoms in total. The van der Waals surface area contributed by atoms with Crippen molar-refractivity contribution >= 4 is 40.9 Å². The first kappa shape index (κ1) is 22.8. The topological polar surface area (TPSA) is 128 Å². The third-order valence-corrected chi connectivity index (χ3v) is 10.9. The van der Waals surface area contributed by atoms with Gasteiger partial charge in [-0.25, -0.2) is 4.79 Å². The Labute approximate surface area is 209 Å². The summed E-state index contributed by atoms with van der Waals surface area (Å²) in [5, 5.41) is 21.4. The number of carbonyl (C=O) groups is 3. The van der Waals surface area contributed by atoms with Crippen molar-refractivity contribution < 1.29 is 24.6 Å². The van der Waals surface area contributed by atoms with Gasteiger partial charge in [0.2, 0.25) is 11.8 Å². The molecule has 2 saturated carbocycles. The van der Waals surface area contributed by atoms with Crippen LogP contribution in [-0.4, -0.2) is 49.2 Å². The fraction of sp³-hybridized carbons (Fsp3) is 0.520. The number of aromatic hydroxyl groups is 1. The summed E-state index contributed by atoms with van der Waals surface area (Å²) in [7, 11) is 0. The van der Waals surface area contributed by atoms with E-state index in [1.54, 1.807) is 23.9 Å². The molecule has 1 aromatic carbocycles. The number of carbonyl (C=O) groups excluding carboxylic acids is 2. The number of aromatic amines is 1. The Kier molecular flexibility index (Phi) is 5.20. The maximum atomic E-state index is 13.7. The van der Waals surface area contributed by atoms with E-state index < -0.39 is 23.8 Å². The van der Waals surface area contributed by atoms with Crippen LogP contribution in [0.5, 0.6) is 5.75 Å². The lowest BCUT2D eigenvalue weighted by atomic mass is 9.68. The number of amides is 2. The molecule has 35 heavy (non-hydrogen) atoms. The van der Waals surface area contributed by atoms with Crippen LogP contribution in [0.3, 0.4) is 0 Å².